The zero-order valence-corrected chi connectivity index (χ0v) is 10.8. The maximum absolute atomic E-state index is 11.2. The van der Waals surface area contributed by atoms with Crippen LogP contribution in [-0.2, 0) is 11.2 Å². The lowest BCUT2D eigenvalue weighted by molar-refractivity contribution is -0.132. The second-order valence-corrected chi connectivity index (χ2v) is 4.42. The Kier molecular flexibility index (Phi) is 4.03. The molecule has 96 valence electrons. The van der Waals surface area contributed by atoms with E-state index in [0.717, 1.165) is 24.8 Å². The molecule has 2 rings (SSSR count). The van der Waals surface area contributed by atoms with Crippen LogP contribution in [0.5, 0.6) is 11.5 Å². The fourth-order valence-corrected chi connectivity index (χ4v) is 1.79. The average Bonchev–Trinajstić information content (AvgIpc) is 2.78. The highest BCUT2D eigenvalue weighted by molar-refractivity contribution is 5.80. The van der Waals surface area contributed by atoms with E-state index in [1.54, 1.807) is 0 Å². The minimum Gasteiger partial charge on any atom is -0.444 e. The van der Waals surface area contributed by atoms with Gasteiger partial charge in [-0.15, -0.1) is 0 Å². The summed E-state index contributed by atoms with van der Waals surface area (Å²) in [4.78, 5) is 11.2. The van der Waals surface area contributed by atoms with E-state index < -0.39 is 6.29 Å². The van der Waals surface area contributed by atoms with Crippen LogP contribution in [0, 0.1) is 0 Å². The molecule has 0 amide bonds. The van der Waals surface area contributed by atoms with Crippen molar-refractivity contribution in [3.8, 4) is 11.5 Å². The van der Waals surface area contributed by atoms with Crippen LogP contribution in [0.3, 0.4) is 0 Å². The van der Waals surface area contributed by atoms with Crippen molar-refractivity contribution in [1.29, 1.82) is 0 Å². The Labute approximate surface area is 107 Å². The molecule has 0 N–H and O–H groups in total. The van der Waals surface area contributed by atoms with Crippen molar-refractivity contribution in [2.24, 2.45) is 0 Å². The van der Waals surface area contributed by atoms with E-state index in [4.69, 9.17) is 9.47 Å². The minimum absolute atomic E-state index is 0.115. The van der Waals surface area contributed by atoms with Crippen LogP contribution in [0.15, 0.2) is 30.4 Å². The van der Waals surface area contributed by atoms with Crippen LogP contribution in [0.4, 0.5) is 0 Å². The fourth-order valence-electron chi connectivity index (χ4n) is 1.79. The molecule has 1 atom stereocenters. The molecule has 0 aliphatic carbocycles. The van der Waals surface area contributed by atoms with Gasteiger partial charge in [-0.25, -0.2) is 0 Å². The lowest BCUT2D eigenvalue weighted by Crippen LogP contribution is -2.26. The molecule has 0 saturated heterocycles. The average molecular weight is 246 g/mol. The second-order valence-electron chi connectivity index (χ2n) is 4.42. The molecular weight excluding hydrogens is 228 g/mol. The van der Waals surface area contributed by atoms with Gasteiger partial charge in [0.1, 0.15) is 0 Å². The van der Waals surface area contributed by atoms with E-state index in [1.807, 2.05) is 18.2 Å². The molecule has 1 aliphatic rings. The standard InChI is InChI=1S/C15H18O3/c1-3-4-5-6-7-12-8-9-13-14(10-12)18-15(17-13)11(2)16/h5-6,8-10,15H,3-4,7H2,1-2H3/b6-5+/t15-/m1/s1. The zero-order valence-electron chi connectivity index (χ0n) is 10.8. The highest BCUT2D eigenvalue weighted by atomic mass is 16.7. The number of fused-ring (bicyclic) bond motifs is 1. The van der Waals surface area contributed by atoms with E-state index in [0.29, 0.717) is 11.5 Å². The minimum atomic E-state index is -0.772. The van der Waals surface area contributed by atoms with Crippen molar-refractivity contribution < 1.29 is 14.3 Å². The molecule has 0 fully saturated rings. The number of carbonyl (C=O) groups is 1. The number of carbonyl (C=O) groups excluding carboxylic acids is 1. The van der Waals surface area contributed by atoms with Gasteiger partial charge in [0, 0.05) is 6.92 Å². The van der Waals surface area contributed by atoms with Gasteiger partial charge in [-0.1, -0.05) is 31.6 Å². The Morgan fingerprint density at radius 2 is 2.06 bits per heavy atom. The molecule has 1 aliphatic heterocycles. The molecule has 3 heteroatoms. The first-order valence-electron chi connectivity index (χ1n) is 6.32. The molecule has 0 radical (unpaired) electrons. The van der Waals surface area contributed by atoms with Gasteiger partial charge in [0.05, 0.1) is 0 Å². The third kappa shape index (κ3) is 2.92. The van der Waals surface area contributed by atoms with Gasteiger partial charge in [0.15, 0.2) is 11.5 Å². The van der Waals surface area contributed by atoms with Crippen LogP contribution < -0.4 is 9.47 Å². The quantitative estimate of drug-likeness (QED) is 0.748. The summed E-state index contributed by atoms with van der Waals surface area (Å²) in [5.41, 5.74) is 1.16. The van der Waals surface area contributed by atoms with Gasteiger partial charge < -0.3 is 9.47 Å². The molecular formula is C15H18O3. The normalized spacial score (nSPS) is 17.3. The van der Waals surface area contributed by atoms with E-state index in [2.05, 4.69) is 19.1 Å². The summed E-state index contributed by atoms with van der Waals surface area (Å²) in [5.74, 6) is 1.20. The summed E-state index contributed by atoms with van der Waals surface area (Å²) in [6.07, 6.45) is 6.72. The molecule has 0 spiro atoms. The van der Waals surface area contributed by atoms with Crippen molar-refractivity contribution in [1.82, 2.24) is 0 Å². The number of Topliss-reactive ketones (excluding diaryl/α,β-unsaturated/α-hetero) is 1. The van der Waals surface area contributed by atoms with Crippen molar-refractivity contribution in [2.45, 2.75) is 39.4 Å². The molecule has 0 bridgehead atoms. The van der Waals surface area contributed by atoms with Crippen LogP contribution >= 0.6 is 0 Å². The Morgan fingerprint density at radius 3 is 2.78 bits per heavy atom. The number of ketones is 1. The van der Waals surface area contributed by atoms with Crippen molar-refractivity contribution in [3.05, 3.63) is 35.9 Å². The lowest BCUT2D eigenvalue weighted by Gasteiger charge is -2.03. The first kappa shape index (κ1) is 12.7. The van der Waals surface area contributed by atoms with Crippen LogP contribution in [0.25, 0.3) is 0 Å². The summed E-state index contributed by atoms with van der Waals surface area (Å²) < 4.78 is 10.8. The maximum Gasteiger partial charge on any atom is 0.300 e. The lowest BCUT2D eigenvalue weighted by atomic mass is 10.1. The number of unbranched alkanes of at least 4 members (excludes halogenated alkanes) is 1. The smallest absolute Gasteiger partial charge is 0.300 e. The zero-order chi connectivity index (χ0) is 13.0. The molecule has 1 aromatic carbocycles. The number of rotatable bonds is 5. The number of ether oxygens (including phenoxy) is 2. The van der Waals surface area contributed by atoms with Crippen LogP contribution in [0.2, 0.25) is 0 Å². The van der Waals surface area contributed by atoms with Crippen LogP contribution in [-0.4, -0.2) is 12.1 Å². The highest BCUT2D eigenvalue weighted by Gasteiger charge is 2.27. The third-order valence-electron chi connectivity index (χ3n) is 2.78. The summed E-state index contributed by atoms with van der Waals surface area (Å²) >= 11 is 0. The van der Waals surface area contributed by atoms with Gasteiger partial charge in [-0.05, 0) is 30.5 Å². The van der Waals surface area contributed by atoms with Crippen molar-refractivity contribution >= 4 is 5.78 Å². The fraction of sp³-hybridized carbons (Fsp3) is 0.400. The third-order valence-corrected chi connectivity index (χ3v) is 2.78. The number of hydrogen-bond acceptors (Lipinski definition) is 3. The predicted molar refractivity (Wildman–Crippen MR) is 69.9 cm³/mol. The Balaban J connectivity index is 2.02. The van der Waals surface area contributed by atoms with Crippen molar-refractivity contribution in [3.63, 3.8) is 0 Å². The summed E-state index contributed by atoms with van der Waals surface area (Å²) in [6, 6.07) is 5.80. The SMILES string of the molecule is CCC/C=C/Cc1ccc2c(c1)O[C@H](C(C)=O)O2. The van der Waals surface area contributed by atoms with E-state index in [9.17, 15) is 4.79 Å². The maximum atomic E-state index is 11.2. The molecule has 3 nitrogen and oxygen atoms in total. The largest absolute Gasteiger partial charge is 0.444 e. The molecule has 18 heavy (non-hydrogen) atoms. The molecule has 1 heterocycles. The summed E-state index contributed by atoms with van der Waals surface area (Å²) in [6.45, 7) is 3.62. The Bertz CT molecular complexity index is 463. The first-order valence-corrected chi connectivity index (χ1v) is 6.32. The predicted octanol–water partition coefficient (Wildman–Crippen LogP) is 3.27. The summed E-state index contributed by atoms with van der Waals surface area (Å²) in [7, 11) is 0. The van der Waals surface area contributed by atoms with E-state index >= 15 is 0 Å². The van der Waals surface area contributed by atoms with Gasteiger partial charge in [0.2, 0.25) is 5.78 Å². The van der Waals surface area contributed by atoms with Gasteiger partial charge in [0.25, 0.3) is 0 Å². The molecule has 0 unspecified atom stereocenters. The Hall–Kier alpha value is -1.77. The number of hydrogen-bond donors (Lipinski definition) is 0. The Morgan fingerprint density at radius 1 is 1.28 bits per heavy atom. The first-order chi connectivity index (χ1) is 8.70. The molecule has 0 aromatic heterocycles. The monoisotopic (exact) mass is 246 g/mol. The van der Waals surface area contributed by atoms with Crippen LogP contribution in [0.1, 0.15) is 32.3 Å². The van der Waals surface area contributed by atoms with Gasteiger partial charge in [-0.3, -0.25) is 4.79 Å². The second kappa shape index (κ2) is 5.71. The highest BCUT2D eigenvalue weighted by Crippen LogP contribution is 2.35. The number of allylic oxidation sites excluding steroid dienone is 2. The summed E-state index contributed by atoms with van der Waals surface area (Å²) in [5, 5.41) is 0. The van der Waals surface area contributed by atoms with Gasteiger partial charge >= 0.3 is 6.29 Å². The molecule has 0 saturated carbocycles. The molecule has 1 aromatic rings. The topological polar surface area (TPSA) is 35.5 Å². The van der Waals surface area contributed by atoms with Crippen molar-refractivity contribution in [2.75, 3.05) is 0 Å². The van der Waals surface area contributed by atoms with E-state index in [-0.39, 0.29) is 5.78 Å². The van der Waals surface area contributed by atoms with E-state index in [1.165, 1.54) is 6.92 Å². The number of benzene rings is 1. The van der Waals surface area contributed by atoms with Gasteiger partial charge in [-0.2, -0.15) is 0 Å².